The van der Waals surface area contributed by atoms with Gasteiger partial charge in [-0.15, -0.1) is 0 Å². The van der Waals surface area contributed by atoms with Crippen molar-refractivity contribution in [3.05, 3.63) is 53.4 Å². The highest BCUT2D eigenvalue weighted by molar-refractivity contribution is 6.35. The van der Waals surface area contributed by atoms with Crippen LogP contribution in [0.1, 0.15) is 31.4 Å². The SMILES string of the molecule is Cn1ccc(-c2nc(NC(=O)OC3CCCC3)c(C#N)nc2-c2cc(Cl)c3ncccc3c2)n1. The molecule has 0 aliphatic heterocycles. The van der Waals surface area contributed by atoms with Crippen molar-refractivity contribution in [1.29, 1.82) is 5.26 Å². The van der Waals surface area contributed by atoms with Gasteiger partial charge in [0, 0.05) is 30.4 Å². The van der Waals surface area contributed by atoms with Crippen LogP contribution in [0.5, 0.6) is 0 Å². The van der Waals surface area contributed by atoms with E-state index in [1.54, 1.807) is 36.3 Å². The molecule has 1 aliphatic rings. The number of anilines is 1. The molecule has 1 amide bonds. The zero-order valence-electron chi connectivity index (χ0n) is 18.3. The van der Waals surface area contributed by atoms with Crippen LogP contribution in [-0.4, -0.2) is 36.9 Å². The van der Waals surface area contributed by atoms with E-state index in [0.29, 0.717) is 33.2 Å². The molecule has 0 radical (unpaired) electrons. The molecule has 0 atom stereocenters. The number of nitrogens with zero attached hydrogens (tertiary/aromatic N) is 6. The van der Waals surface area contributed by atoms with Gasteiger partial charge in [0.25, 0.3) is 0 Å². The Labute approximate surface area is 200 Å². The van der Waals surface area contributed by atoms with E-state index < -0.39 is 6.09 Å². The summed E-state index contributed by atoms with van der Waals surface area (Å²) in [6, 6.07) is 11.1. The van der Waals surface area contributed by atoms with Crippen LogP contribution in [0.3, 0.4) is 0 Å². The van der Waals surface area contributed by atoms with Gasteiger partial charge in [0.2, 0.25) is 0 Å². The third kappa shape index (κ3) is 4.28. The molecule has 1 fully saturated rings. The summed E-state index contributed by atoms with van der Waals surface area (Å²) < 4.78 is 7.11. The lowest BCUT2D eigenvalue weighted by Gasteiger charge is -2.14. The Bertz CT molecular complexity index is 1440. The van der Waals surface area contributed by atoms with Gasteiger partial charge in [0.1, 0.15) is 29.3 Å². The highest BCUT2D eigenvalue weighted by atomic mass is 35.5. The van der Waals surface area contributed by atoms with E-state index in [1.807, 2.05) is 24.3 Å². The number of carbonyl (C=O) groups excluding carboxylic acids is 1. The highest BCUT2D eigenvalue weighted by Crippen LogP contribution is 2.34. The summed E-state index contributed by atoms with van der Waals surface area (Å²) in [5.41, 5.74) is 2.61. The molecule has 0 spiro atoms. The minimum Gasteiger partial charge on any atom is -0.446 e. The number of nitriles is 1. The summed E-state index contributed by atoms with van der Waals surface area (Å²) in [6.07, 6.45) is 6.40. The van der Waals surface area contributed by atoms with E-state index in [9.17, 15) is 10.1 Å². The number of halogens is 1. The second-order valence-electron chi connectivity index (χ2n) is 8.07. The molecule has 10 heteroatoms. The average molecular weight is 474 g/mol. The lowest BCUT2D eigenvalue weighted by molar-refractivity contribution is 0.114. The summed E-state index contributed by atoms with van der Waals surface area (Å²) in [6.45, 7) is 0. The number of hydrogen-bond acceptors (Lipinski definition) is 7. The van der Waals surface area contributed by atoms with Crippen LogP contribution in [0.4, 0.5) is 10.6 Å². The Balaban J connectivity index is 1.61. The first-order chi connectivity index (χ1) is 16.5. The molecule has 9 nitrogen and oxygen atoms in total. The molecular formula is C24H20ClN7O2. The Morgan fingerprint density at radius 2 is 2.06 bits per heavy atom. The van der Waals surface area contributed by atoms with Gasteiger partial charge in [-0.2, -0.15) is 10.4 Å². The molecule has 0 bridgehead atoms. The molecule has 1 N–H and O–H groups in total. The number of amides is 1. The maximum atomic E-state index is 12.5. The van der Waals surface area contributed by atoms with Gasteiger partial charge in [0.05, 0.1) is 10.5 Å². The predicted octanol–water partition coefficient (Wildman–Crippen LogP) is 5.11. The fourth-order valence-corrected chi connectivity index (χ4v) is 4.37. The van der Waals surface area contributed by atoms with Crippen molar-refractivity contribution in [3.63, 3.8) is 0 Å². The smallest absolute Gasteiger partial charge is 0.413 e. The third-order valence-corrected chi connectivity index (χ3v) is 5.97. The third-order valence-electron chi connectivity index (χ3n) is 5.69. The Morgan fingerprint density at radius 3 is 2.79 bits per heavy atom. The van der Waals surface area contributed by atoms with Crippen molar-refractivity contribution in [2.45, 2.75) is 31.8 Å². The predicted molar refractivity (Wildman–Crippen MR) is 127 cm³/mol. The first-order valence-electron chi connectivity index (χ1n) is 10.9. The number of nitrogens with one attached hydrogen (secondary N) is 1. The molecule has 1 saturated carbocycles. The van der Waals surface area contributed by atoms with Gasteiger partial charge in [-0.25, -0.2) is 14.8 Å². The van der Waals surface area contributed by atoms with E-state index in [-0.39, 0.29) is 17.6 Å². The summed E-state index contributed by atoms with van der Waals surface area (Å²) in [7, 11) is 1.79. The zero-order valence-corrected chi connectivity index (χ0v) is 19.1. The Kier molecular flexibility index (Phi) is 5.82. The fourth-order valence-electron chi connectivity index (χ4n) is 4.09. The number of rotatable bonds is 4. The largest absolute Gasteiger partial charge is 0.446 e. The van der Waals surface area contributed by atoms with E-state index in [0.717, 1.165) is 31.1 Å². The van der Waals surface area contributed by atoms with Gasteiger partial charge in [0.15, 0.2) is 11.5 Å². The first kappa shape index (κ1) is 21.8. The summed E-state index contributed by atoms with van der Waals surface area (Å²) >= 11 is 6.50. The number of hydrogen-bond donors (Lipinski definition) is 1. The molecule has 4 aromatic rings. The lowest BCUT2D eigenvalue weighted by atomic mass is 10.0. The quantitative estimate of drug-likeness (QED) is 0.437. The lowest BCUT2D eigenvalue weighted by Crippen LogP contribution is -2.21. The van der Waals surface area contributed by atoms with E-state index >= 15 is 0 Å². The average Bonchev–Trinajstić information content (AvgIpc) is 3.50. The second-order valence-corrected chi connectivity index (χ2v) is 8.48. The van der Waals surface area contributed by atoms with Gasteiger partial charge in [-0.1, -0.05) is 17.7 Å². The summed E-state index contributed by atoms with van der Waals surface area (Å²) in [5.74, 6) is 0.0171. The van der Waals surface area contributed by atoms with Gasteiger partial charge in [-0.05, 0) is 49.9 Å². The van der Waals surface area contributed by atoms with Gasteiger partial charge < -0.3 is 4.74 Å². The molecule has 3 aromatic heterocycles. The topological polar surface area (TPSA) is 119 Å². The number of benzene rings is 1. The standard InChI is InChI=1S/C24H20ClN7O2/c1-32-10-8-18(31-32)22-21(15-11-14-5-4-9-27-20(14)17(25)12-15)28-19(13-26)23(29-22)30-24(33)34-16-6-2-3-7-16/h4-5,8-12,16H,2-3,6-7H2,1H3,(H,29,30,33). The Hall–Kier alpha value is -4.03. The molecule has 0 unspecified atom stereocenters. The van der Waals surface area contributed by atoms with Crippen molar-refractivity contribution in [3.8, 4) is 28.7 Å². The van der Waals surface area contributed by atoms with Crippen LogP contribution in [0.25, 0.3) is 33.5 Å². The molecule has 0 saturated heterocycles. The zero-order chi connectivity index (χ0) is 23.7. The fraction of sp³-hybridized carbons (Fsp3) is 0.250. The maximum absolute atomic E-state index is 12.5. The molecular weight excluding hydrogens is 454 g/mol. The van der Waals surface area contributed by atoms with Crippen molar-refractivity contribution >= 4 is 34.4 Å². The summed E-state index contributed by atoms with van der Waals surface area (Å²) in [5, 5.41) is 18.1. The number of pyridine rings is 1. The van der Waals surface area contributed by atoms with Crippen LogP contribution < -0.4 is 5.32 Å². The van der Waals surface area contributed by atoms with Crippen LogP contribution in [0, 0.1) is 11.3 Å². The van der Waals surface area contributed by atoms with Crippen LogP contribution in [0.15, 0.2) is 42.7 Å². The first-order valence-corrected chi connectivity index (χ1v) is 11.2. The van der Waals surface area contributed by atoms with Crippen molar-refractivity contribution in [1.82, 2.24) is 24.7 Å². The van der Waals surface area contributed by atoms with Crippen molar-refractivity contribution in [2.24, 2.45) is 7.05 Å². The highest BCUT2D eigenvalue weighted by Gasteiger charge is 2.23. The number of aryl methyl sites for hydroxylation is 1. The molecule has 1 aromatic carbocycles. The molecule has 5 rings (SSSR count). The molecule has 1 aliphatic carbocycles. The van der Waals surface area contributed by atoms with E-state index in [4.69, 9.17) is 16.3 Å². The monoisotopic (exact) mass is 473 g/mol. The maximum Gasteiger partial charge on any atom is 0.413 e. The second kappa shape index (κ2) is 9.08. The number of aromatic nitrogens is 5. The van der Waals surface area contributed by atoms with Crippen LogP contribution >= 0.6 is 11.6 Å². The van der Waals surface area contributed by atoms with Crippen molar-refractivity contribution < 1.29 is 9.53 Å². The normalized spacial score (nSPS) is 13.7. The van der Waals surface area contributed by atoms with E-state index in [2.05, 4.69) is 25.4 Å². The molecule has 34 heavy (non-hydrogen) atoms. The number of carbonyl (C=O) groups is 1. The van der Waals surface area contributed by atoms with Crippen molar-refractivity contribution in [2.75, 3.05) is 5.32 Å². The minimum absolute atomic E-state index is 0.0171. The van der Waals surface area contributed by atoms with Crippen LogP contribution in [-0.2, 0) is 11.8 Å². The van der Waals surface area contributed by atoms with Crippen LogP contribution in [0.2, 0.25) is 5.02 Å². The van der Waals surface area contributed by atoms with E-state index in [1.165, 1.54) is 0 Å². The summed E-state index contributed by atoms with van der Waals surface area (Å²) in [4.78, 5) is 26.0. The molecule has 3 heterocycles. The molecule has 170 valence electrons. The number of fused-ring (bicyclic) bond motifs is 1. The number of ether oxygens (including phenoxy) is 1. The Morgan fingerprint density at radius 1 is 1.24 bits per heavy atom. The van der Waals surface area contributed by atoms with Gasteiger partial charge >= 0.3 is 6.09 Å². The minimum atomic E-state index is -0.655. The van der Waals surface area contributed by atoms with Gasteiger partial charge in [-0.3, -0.25) is 15.0 Å².